The lowest BCUT2D eigenvalue weighted by Gasteiger charge is -2.30. The predicted molar refractivity (Wildman–Crippen MR) is 74.0 cm³/mol. The molecule has 0 N–H and O–H groups in total. The van der Waals surface area contributed by atoms with Gasteiger partial charge in [0.25, 0.3) is 0 Å². The first-order valence-corrected chi connectivity index (χ1v) is 7.12. The summed E-state index contributed by atoms with van der Waals surface area (Å²) in [5.41, 5.74) is 0.545. The molecule has 2 bridgehead atoms. The molecule has 2 unspecified atom stereocenters. The maximum Gasteiger partial charge on any atom is 0.237 e. The number of nitrogens with zero attached hydrogens (tertiary/aromatic N) is 1. The second kappa shape index (κ2) is 4.63. The molecule has 1 aliphatic carbocycles. The molecule has 1 saturated heterocycles. The summed E-state index contributed by atoms with van der Waals surface area (Å²) >= 11 is 3.37. The van der Waals surface area contributed by atoms with E-state index >= 15 is 0 Å². The highest BCUT2D eigenvalue weighted by atomic mass is 79.9. The van der Waals surface area contributed by atoms with Crippen LogP contribution in [0.3, 0.4) is 0 Å². The maximum atomic E-state index is 12.4. The molecule has 0 radical (unpaired) electrons. The molecule has 2 atom stereocenters. The van der Waals surface area contributed by atoms with Crippen LogP contribution in [0.4, 0.5) is 5.69 Å². The van der Waals surface area contributed by atoms with Gasteiger partial charge in [0.05, 0.1) is 12.8 Å². The van der Waals surface area contributed by atoms with Crippen molar-refractivity contribution in [3.8, 4) is 5.75 Å². The Kier molecular flexibility index (Phi) is 3.09. The van der Waals surface area contributed by atoms with Crippen molar-refractivity contribution in [3.63, 3.8) is 0 Å². The van der Waals surface area contributed by atoms with Crippen LogP contribution in [0.5, 0.6) is 5.75 Å². The Balaban J connectivity index is 2.08. The number of hydrogen-bond acceptors (Lipinski definition) is 3. The summed E-state index contributed by atoms with van der Waals surface area (Å²) in [6, 6.07) is 5.35. The average molecular weight is 324 g/mol. The number of carbonyl (C=O) groups excluding carboxylic acids is 2. The molecular formula is C14H14BrNO3. The highest BCUT2D eigenvalue weighted by molar-refractivity contribution is 9.10. The maximum absolute atomic E-state index is 12.4. The highest BCUT2D eigenvalue weighted by Gasteiger charge is 2.46. The normalized spacial score (nSPS) is 25.9. The van der Waals surface area contributed by atoms with Crippen LogP contribution in [0.25, 0.3) is 0 Å². The molecule has 1 aromatic rings. The minimum atomic E-state index is -0.0878. The Bertz CT molecular complexity index is 536. The van der Waals surface area contributed by atoms with Crippen molar-refractivity contribution in [2.45, 2.75) is 19.3 Å². The van der Waals surface area contributed by atoms with Gasteiger partial charge in [-0.2, -0.15) is 0 Å². The minimum absolute atomic E-state index is 0.00797. The van der Waals surface area contributed by atoms with Crippen LogP contribution < -0.4 is 9.64 Å². The summed E-state index contributed by atoms with van der Waals surface area (Å²) in [7, 11) is 1.54. The van der Waals surface area contributed by atoms with E-state index in [0.717, 1.165) is 17.3 Å². The molecule has 1 aromatic carbocycles. The fourth-order valence-corrected chi connectivity index (χ4v) is 3.33. The van der Waals surface area contributed by atoms with Crippen molar-refractivity contribution in [2.75, 3.05) is 12.0 Å². The van der Waals surface area contributed by atoms with E-state index in [4.69, 9.17) is 4.74 Å². The Morgan fingerprint density at radius 1 is 1.21 bits per heavy atom. The quantitative estimate of drug-likeness (QED) is 0.786. The summed E-state index contributed by atoms with van der Waals surface area (Å²) in [6.07, 6.45) is 2.36. The van der Waals surface area contributed by atoms with Gasteiger partial charge < -0.3 is 4.74 Å². The number of hydrogen-bond donors (Lipinski definition) is 0. The van der Waals surface area contributed by atoms with Gasteiger partial charge in [-0.3, -0.25) is 9.59 Å². The van der Waals surface area contributed by atoms with Crippen molar-refractivity contribution >= 4 is 33.4 Å². The zero-order chi connectivity index (χ0) is 13.6. The van der Waals surface area contributed by atoms with Gasteiger partial charge in [-0.25, -0.2) is 4.90 Å². The lowest BCUT2D eigenvalue weighted by molar-refractivity contribution is -0.133. The van der Waals surface area contributed by atoms with Crippen molar-refractivity contribution < 1.29 is 14.3 Å². The number of ether oxygens (including phenoxy) is 1. The van der Waals surface area contributed by atoms with Crippen molar-refractivity contribution in [3.05, 3.63) is 22.7 Å². The number of imide groups is 1. The van der Waals surface area contributed by atoms with Crippen LogP contribution in [-0.2, 0) is 9.59 Å². The number of amides is 2. The molecule has 5 heteroatoms. The van der Waals surface area contributed by atoms with Gasteiger partial charge in [-0.1, -0.05) is 15.9 Å². The Morgan fingerprint density at radius 2 is 1.84 bits per heavy atom. The molecule has 1 aliphatic heterocycles. The van der Waals surface area contributed by atoms with E-state index in [1.807, 2.05) is 6.07 Å². The topological polar surface area (TPSA) is 46.6 Å². The molecule has 2 fully saturated rings. The van der Waals surface area contributed by atoms with Crippen LogP contribution in [0.1, 0.15) is 19.3 Å². The second-order valence-corrected chi connectivity index (χ2v) is 5.95. The van der Waals surface area contributed by atoms with E-state index in [2.05, 4.69) is 15.9 Å². The molecule has 0 aromatic heterocycles. The van der Waals surface area contributed by atoms with Crippen LogP contribution in [0.2, 0.25) is 0 Å². The molecule has 0 spiro atoms. The van der Waals surface area contributed by atoms with Crippen LogP contribution in [0, 0.1) is 11.8 Å². The molecule has 3 rings (SSSR count). The number of piperidine rings is 1. The summed E-state index contributed by atoms with van der Waals surface area (Å²) < 4.78 is 6.10. The minimum Gasteiger partial charge on any atom is -0.495 e. The molecular weight excluding hydrogens is 310 g/mol. The number of halogens is 1. The summed E-state index contributed by atoms with van der Waals surface area (Å²) in [5.74, 6) is 0.356. The number of benzene rings is 1. The number of fused-ring (bicyclic) bond motifs is 2. The van der Waals surface area contributed by atoms with E-state index in [0.29, 0.717) is 17.9 Å². The van der Waals surface area contributed by atoms with E-state index in [1.54, 1.807) is 19.2 Å². The van der Waals surface area contributed by atoms with Crippen molar-refractivity contribution in [1.29, 1.82) is 0 Å². The first kappa shape index (κ1) is 12.7. The third kappa shape index (κ3) is 1.96. The Labute approximate surface area is 119 Å². The van der Waals surface area contributed by atoms with E-state index in [1.165, 1.54) is 4.90 Å². The summed E-state index contributed by atoms with van der Waals surface area (Å²) in [4.78, 5) is 26.1. The Morgan fingerprint density at radius 3 is 2.42 bits per heavy atom. The van der Waals surface area contributed by atoms with Gasteiger partial charge in [0.15, 0.2) is 0 Å². The SMILES string of the molecule is COc1ccc(Br)cc1N1C(=O)C2CCC(C2)C1=O. The van der Waals surface area contributed by atoms with Crippen molar-refractivity contribution in [2.24, 2.45) is 11.8 Å². The fourth-order valence-electron chi connectivity index (χ4n) is 2.98. The average Bonchev–Trinajstić information content (AvgIpc) is 2.84. The fraction of sp³-hybridized carbons (Fsp3) is 0.429. The zero-order valence-electron chi connectivity index (χ0n) is 10.6. The van der Waals surface area contributed by atoms with Gasteiger partial charge in [0.2, 0.25) is 11.8 Å². The summed E-state index contributed by atoms with van der Waals surface area (Å²) in [6.45, 7) is 0. The smallest absolute Gasteiger partial charge is 0.237 e. The third-order valence-electron chi connectivity index (χ3n) is 3.95. The van der Waals surface area contributed by atoms with Gasteiger partial charge >= 0.3 is 0 Å². The molecule has 1 heterocycles. The zero-order valence-corrected chi connectivity index (χ0v) is 12.1. The monoisotopic (exact) mass is 323 g/mol. The lowest BCUT2D eigenvalue weighted by atomic mass is 9.96. The lowest BCUT2D eigenvalue weighted by Crippen LogP contribution is -2.46. The second-order valence-electron chi connectivity index (χ2n) is 5.03. The molecule has 4 nitrogen and oxygen atoms in total. The molecule has 2 amide bonds. The van der Waals surface area contributed by atoms with Gasteiger partial charge in [-0.15, -0.1) is 0 Å². The van der Waals surface area contributed by atoms with Crippen LogP contribution in [0.15, 0.2) is 22.7 Å². The molecule has 19 heavy (non-hydrogen) atoms. The van der Waals surface area contributed by atoms with Gasteiger partial charge in [0, 0.05) is 16.3 Å². The standard InChI is InChI=1S/C14H14BrNO3/c1-19-12-5-4-10(15)7-11(12)16-13(17)8-2-3-9(6-8)14(16)18/h4-5,7-9H,2-3,6H2,1H3. The number of methoxy groups -OCH3 is 1. The first-order chi connectivity index (χ1) is 9.11. The van der Waals surface area contributed by atoms with E-state index in [-0.39, 0.29) is 23.7 Å². The number of carbonyl (C=O) groups is 2. The number of rotatable bonds is 2. The van der Waals surface area contributed by atoms with E-state index < -0.39 is 0 Å². The van der Waals surface area contributed by atoms with Crippen molar-refractivity contribution in [1.82, 2.24) is 0 Å². The first-order valence-electron chi connectivity index (χ1n) is 6.33. The predicted octanol–water partition coefficient (Wildman–Crippen LogP) is 2.75. The number of anilines is 1. The summed E-state index contributed by atoms with van der Waals surface area (Å²) in [5, 5.41) is 0. The molecule has 2 aliphatic rings. The highest BCUT2D eigenvalue weighted by Crippen LogP contribution is 2.42. The molecule has 1 saturated carbocycles. The largest absolute Gasteiger partial charge is 0.495 e. The Hall–Kier alpha value is -1.36. The van der Waals surface area contributed by atoms with E-state index in [9.17, 15) is 9.59 Å². The van der Waals surface area contributed by atoms with Gasteiger partial charge in [-0.05, 0) is 37.5 Å². The molecule has 100 valence electrons. The van der Waals surface area contributed by atoms with Crippen LogP contribution >= 0.6 is 15.9 Å². The van der Waals surface area contributed by atoms with Crippen LogP contribution in [-0.4, -0.2) is 18.9 Å². The third-order valence-corrected chi connectivity index (χ3v) is 4.45. The van der Waals surface area contributed by atoms with Gasteiger partial charge in [0.1, 0.15) is 5.75 Å².